The Balaban J connectivity index is 1.51. The van der Waals surface area contributed by atoms with E-state index in [2.05, 4.69) is 16.1 Å². The monoisotopic (exact) mass is 364 g/mol. The molecule has 7 heteroatoms. The highest BCUT2D eigenvalue weighted by Crippen LogP contribution is 2.25. The van der Waals surface area contributed by atoms with Gasteiger partial charge in [-0.2, -0.15) is 5.10 Å². The quantitative estimate of drug-likeness (QED) is 0.758. The Kier molecular flexibility index (Phi) is 5.86. The first kappa shape index (κ1) is 18.1. The van der Waals surface area contributed by atoms with E-state index >= 15 is 0 Å². The highest BCUT2D eigenvalue weighted by atomic mass is 32.1. The van der Waals surface area contributed by atoms with E-state index in [0.29, 0.717) is 32.4 Å². The molecule has 1 fully saturated rings. The summed E-state index contributed by atoms with van der Waals surface area (Å²) in [6.45, 7) is 1.80. The molecule has 1 aliphatic rings. The fraction of sp³-hybridized carbons (Fsp3) is 0.556. The molecule has 1 amide bonds. The van der Waals surface area contributed by atoms with Gasteiger partial charge in [0.05, 0.1) is 6.20 Å². The molecule has 2 atom stereocenters. The first-order chi connectivity index (χ1) is 12.0. The number of alkyl halides is 1. The van der Waals surface area contributed by atoms with Crippen molar-refractivity contribution in [3.8, 4) is 0 Å². The maximum absolute atomic E-state index is 13.9. The third kappa shape index (κ3) is 4.89. The molecule has 3 heterocycles. The minimum absolute atomic E-state index is 0.0874. The lowest BCUT2D eigenvalue weighted by atomic mass is 10.1. The zero-order valence-corrected chi connectivity index (χ0v) is 15.6. The highest BCUT2D eigenvalue weighted by molar-refractivity contribution is 7.09. The number of likely N-dealkylation sites (tertiary alicyclic amines) is 1. The number of carbonyl (C=O) groups is 1. The Hall–Kier alpha value is -1.73. The van der Waals surface area contributed by atoms with Crippen molar-refractivity contribution in [1.82, 2.24) is 19.6 Å². The molecule has 1 aliphatic heterocycles. The van der Waals surface area contributed by atoms with Gasteiger partial charge in [0.2, 0.25) is 5.91 Å². The minimum atomic E-state index is -0.802. The lowest BCUT2D eigenvalue weighted by Gasteiger charge is -2.28. The number of rotatable bonds is 7. The van der Waals surface area contributed by atoms with E-state index < -0.39 is 6.17 Å². The van der Waals surface area contributed by atoms with Crippen LogP contribution in [0.3, 0.4) is 0 Å². The van der Waals surface area contributed by atoms with E-state index in [0.717, 1.165) is 12.1 Å². The van der Waals surface area contributed by atoms with Crippen molar-refractivity contribution in [3.05, 3.63) is 40.3 Å². The number of likely N-dealkylation sites (N-methyl/N-ethyl adjacent to an activating group) is 1. The molecule has 0 saturated carbocycles. The second-order valence-corrected chi connectivity index (χ2v) is 7.82. The van der Waals surface area contributed by atoms with Gasteiger partial charge in [0, 0.05) is 57.3 Å². The molecule has 2 aromatic heterocycles. The van der Waals surface area contributed by atoms with Gasteiger partial charge in [-0.15, -0.1) is 11.3 Å². The predicted molar refractivity (Wildman–Crippen MR) is 97.2 cm³/mol. The van der Waals surface area contributed by atoms with Gasteiger partial charge in [0.1, 0.15) is 6.17 Å². The van der Waals surface area contributed by atoms with Crippen LogP contribution in [0.15, 0.2) is 29.9 Å². The number of halogens is 1. The molecule has 0 N–H and O–H groups in total. The van der Waals surface area contributed by atoms with Crippen molar-refractivity contribution in [2.75, 3.05) is 20.1 Å². The second-order valence-electron chi connectivity index (χ2n) is 6.79. The molecular formula is C18H25FN4OS. The van der Waals surface area contributed by atoms with Crippen LogP contribution < -0.4 is 0 Å². The van der Waals surface area contributed by atoms with Gasteiger partial charge < -0.3 is 4.90 Å². The molecule has 2 aromatic rings. The largest absolute Gasteiger partial charge is 0.344 e. The number of thiophene rings is 1. The van der Waals surface area contributed by atoms with Crippen LogP contribution in [0, 0.1) is 0 Å². The molecule has 25 heavy (non-hydrogen) atoms. The topological polar surface area (TPSA) is 41.4 Å². The van der Waals surface area contributed by atoms with Crippen molar-refractivity contribution >= 4 is 17.2 Å². The summed E-state index contributed by atoms with van der Waals surface area (Å²) in [4.78, 5) is 17.6. The second kappa shape index (κ2) is 8.10. The summed E-state index contributed by atoms with van der Waals surface area (Å²) in [6.07, 6.45) is 4.57. The molecule has 5 nitrogen and oxygen atoms in total. The van der Waals surface area contributed by atoms with Crippen molar-refractivity contribution in [3.63, 3.8) is 0 Å². The molecule has 1 saturated heterocycles. The van der Waals surface area contributed by atoms with Gasteiger partial charge in [-0.25, -0.2) is 4.39 Å². The van der Waals surface area contributed by atoms with Gasteiger partial charge in [-0.3, -0.25) is 14.4 Å². The third-order valence-corrected chi connectivity index (χ3v) is 5.57. The highest BCUT2D eigenvalue weighted by Gasteiger charge is 2.33. The average Bonchev–Trinajstić information content (AvgIpc) is 3.29. The van der Waals surface area contributed by atoms with Crippen LogP contribution in [-0.4, -0.2) is 57.8 Å². The number of nitrogens with zero attached hydrogens (tertiary/aromatic N) is 4. The van der Waals surface area contributed by atoms with Crippen molar-refractivity contribution < 1.29 is 9.18 Å². The standard InChI is InChI=1S/C18H25FN4OS/c1-21(18(24)6-5-14-9-20-22(2)10-14)12-16-8-15(19)11-23(16)13-17-4-3-7-25-17/h3-4,7,9-10,15-16H,5-6,8,11-13H2,1-2H3/t15-,16-/m0/s1. The van der Waals surface area contributed by atoms with Crippen molar-refractivity contribution in [2.24, 2.45) is 7.05 Å². The summed E-state index contributed by atoms with van der Waals surface area (Å²) in [7, 11) is 3.69. The van der Waals surface area contributed by atoms with E-state index in [9.17, 15) is 9.18 Å². The van der Waals surface area contributed by atoms with Crippen LogP contribution in [-0.2, 0) is 24.8 Å². The van der Waals surface area contributed by atoms with Crippen LogP contribution in [0.1, 0.15) is 23.3 Å². The van der Waals surface area contributed by atoms with E-state index in [1.807, 2.05) is 31.7 Å². The predicted octanol–water partition coefficient (Wildman–Crippen LogP) is 2.49. The maximum atomic E-state index is 13.9. The van der Waals surface area contributed by atoms with Crippen LogP contribution in [0.2, 0.25) is 0 Å². The summed E-state index contributed by atoms with van der Waals surface area (Å²) in [5.41, 5.74) is 1.06. The van der Waals surface area contributed by atoms with Gasteiger partial charge in [-0.1, -0.05) is 6.07 Å². The third-order valence-electron chi connectivity index (χ3n) is 4.71. The van der Waals surface area contributed by atoms with Crippen LogP contribution in [0.25, 0.3) is 0 Å². The summed E-state index contributed by atoms with van der Waals surface area (Å²) in [6, 6.07) is 4.19. The Bertz CT molecular complexity index is 687. The first-order valence-electron chi connectivity index (χ1n) is 8.63. The van der Waals surface area contributed by atoms with E-state index in [1.54, 1.807) is 27.1 Å². The molecule has 0 bridgehead atoms. The summed E-state index contributed by atoms with van der Waals surface area (Å²) in [5.74, 6) is 0.0993. The minimum Gasteiger partial charge on any atom is -0.344 e. The van der Waals surface area contributed by atoms with E-state index in [4.69, 9.17) is 0 Å². The van der Waals surface area contributed by atoms with Gasteiger partial charge in [0.15, 0.2) is 0 Å². The SMILES string of the molecule is CN(C[C@@H]1C[C@H](F)CN1Cc1cccs1)C(=O)CCc1cnn(C)c1. The Morgan fingerprint density at radius 2 is 2.36 bits per heavy atom. The summed E-state index contributed by atoms with van der Waals surface area (Å²) >= 11 is 1.69. The van der Waals surface area contributed by atoms with Gasteiger partial charge in [0.25, 0.3) is 0 Å². The molecule has 0 aromatic carbocycles. The normalized spacial score (nSPS) is 20.9. The Labute approximate surface area is 152 Å². The summed E-state index contributed by atoms with van der Waals surface area (Å²) < 4.78 is 15.7. The van der Waals surface area contributed by atoms with Crippen LogP contribution >= 0.6 is 11.3 Å². The fourth-order valence-electron chi connectivity index (χ4n) is 3.37. The lowest BCUT2D eigenvalue weighted by Crippen LogP contribution is -2.40. The number of hydrogen-bond donors (Lipinski definition) is 0. The number of aryl methyl sites for hydroxylation is 2. The van der Waals surface area contributed by atoms with Gasteiger partial charge in [-0.05, 0) is 29.9 Å². The lowest BCUT2D eigenvalue weighted by molar-refractivity contribution is -0.130. The average molecular weight is 364 g/mol. The van der Waals surface area contributed by atoms with E-state index in [-0.39, 0.29) is 11.9 Å². The van der Waals surface area contributed by atoms with Crippen LogP contribution in [0.4, 0.5) is 4.39 Å². The Morgan fingerprint density at radius 1 is 1.52 bits per heavy atom. The number of aromatic nitrogens is 2. The van der Waals surface area contributed by atoms with Crippen molar-refractivity contribution in [2.45, 2.75) is 38.0 Å². The number of hydrogen-bond acceptors (Lipinski definition) is 4. The fourth-order valence-corrected chi connectivity index (χ4v) is 4.10. The smallest absolute Gasteiger partial charge is 0.222 e. The molecule has 0 aliphatic carbocycles. The molecule has 0 unspecified atom stereocenters. The van der Waals surface area contributed by atoms with Crippen LogP contribution in [0.5, 0.6) is 0 Å². The van der Waals surface area contributed by atoms with E-state index in [1.165, 1.54) is 4.88 Å². The molecule has 0 radical (unpaired) electrons. The molecule has 3 rings (SSSR count). The first-order valence-corrected chi connectivity index (χ1v) is 9.51. The van der Waals surface area contributed by atoms with Gasteiger partial charge >= 0.3 is 0 Å². The molecule has 0 spiro atoms. The summed E-state index contributed by atoms with van der Waals surface area (Å²) in [5, 5.41) is 6.16. The molecule has 136 valence electrons. The zero-order valence-electron chi connectivity index (χ0n) is 14.8. The zero-order chi connectivity index (χ0) is 17.8. The maximum Gasteiger partial charge on any atom is 0.222 e. The molecular weight excluding hydrogens is 339 g/mol. The van der Waals surface area contributed by atoms with Crippen molar-refractivity contribution in [1.29, 1.82) is 0 Å². The number of amides is 1. The number of carbonyl (C=O) groups excluding carboxylic acids is 1. The Morgan fingerprint density at radius 3 is 3.04 bits per heavy atom.